The lowest BCUT2D eigenvalue weighted by molar-refractivity contribution is 0.128. The lowest BCUT2D eigenvalue weighted by Crippen LogP contribution is -2.25. The van der Waals surface area contributed by atoms with Gasteiger partial charge >= 0.3 is 0 Å². The van der Waals surface area contributed by atoms with E-state index in [2.05, 4.69) is 0 Å². The van der Waals surface area contributed by atoms with Gasteiger partial charge in [0.15, 0.2) is 5.43 Å². The molecule has 0 spiro atoms. The molecule has 0 radical (unpaired) electrons. The maximum atomic E-state index is 12.6. The highest BCUT2D eigenvalue weighted by Gasteiger charge is 2.35. The molecule has 0 unspecified atom stereocenters. The Morgan fingerprint density at radius 1 is 1.37 bits per heavy atom. The molecule has 4 heteroatoms. The monoisotopic (exact) mass is 259 g/mol. The van der Waals surface area contributed by atoms with Gasteiger partial charge in [0.2, 0.25) is 5.88 Å². The minimum absolute atomic E-state index is 0.0487. The maximum Gasteiger partial charge on any atom is 0.201 e. The van der Waals surface area contributed by atoms with Crippen molar-refractivity contribution >= 4 is 10.9 Å². The number of fused-ring (bicyclic) bond motifs is 2. The van der Waals surface area contributed by atoms with E-state index in [0.29, 0.717) is 23.4 Å². The number of aryl methyl sites for hydroxylation is 1. The summed E-state index contributed by atoms with van der Waals surface area (Å²) in [7, 11) is 3.52. The maximum absolute atomic E-state index is 12.6. The largest absolute Gasteiger partial charge is 0.495 e. The molecule has 0 fully saturated rings. The molecule has 2 heterocycles. The molecule has 4 nitrogen and oxygen atoms in total. The molecule has 1 aromatic heterocycles. The van der Waals surface area contributed by atoms with E-state index in [-0.39, 0.29) is 11.0 Å². The number of pyridine rings is 1. The predicted molar refractivity (Wildman–Crippen MR) is 74.2 cm³/mol. The standard InChI is InChI=1S/C15H17NO3/c1-15(2)8-10-13(17)9-6-5-7-11(18-4)12(9)16(3)14(10)19-15/h5-7H,8H2,1-4H3. The summed E-state index contributed by atoms with van der Waals surface area (Å²) in [5.74, 6) is 1.35. The second kappa shape index (κ2) is 3.76. The Morgan fingerprint density at radius 3 is 2.79 bits per heavy atom. The first-order chi connectivity index (χ1) is 8.94. The van der Waals surface area contributed by atoms with Crippen LogP contribution in [0.4, 0.5) is 0 Å². The van der Waals surface area contributed by atoms with Crippen LogP contribution in [0.1, 0.15) is 19.4 Å². The summed E-state index contributed by atoms with van der Waals surface area (Å²) < 4.78 is 13.2. The average Bonchev–Trinajstić information content (AvgIpc) is 2.71. The second-order valence-electron chi connectivity index (χ2n) is 5.57. The number of aromatic nitrogens is 1. The first-order valence-electron chi connectivity index (χ1n) is 6.32. The van der Waals surface area contributed by atoms with E-state index in [1.54, 1.807) is 7.11 Å². The zero-order valence-corrected chi connectivity index (χ0v) is 11.6. The van der Waals surface area contributed by atoms with Crippen molar-refractivity contribution in [3.05, 3.63) is 34.0 Å². The van der Waals surface area contributed by atoms with Crippen LogP contribution in [0.15, 0.2) is 23.0 Å². The van der Waals surface area contributed by atoms with Gasteiger partial charge in [-0.1, -0.05) is 6.07 Å². The fraction of sp³-hybridized carbons (Fsp3) is 0.400. The van der Waals surface area contributed by atoms with Crippen molar-refractivity contribution in [1.29, 1.82) is 0 Å². The Kier molecular flexibility index (Phi) is 2.39. The van der Waals surface area contributed by atoms with E-state index in [4.69, 9.17) is 9.47 Å². The van der Waals surface area contributed by atoms with Gasteiger partial charge in [-0.25, -0.2) is 0 Å². The summed E-state index contributed by atoms with van der Waals surface area (Å²) in [5.41, 5.74) is 1.26. The predicted octanol–water partition coefficient (Wildman–Crippen LogP) is 2.26. The van der Waals surface area contributed by atoms with Crippen LogP contribution in [-0.2, 0) is 13.5 Å². The summed E-state index contributed by atoms with van der Waals surface area (Å²) >= 11 is 0. The van der Waals surface area contributed by atoms with Gasteiger partial charge in [-0.3, -0.25) is 4.79 Å². The summed E-state index contributed by atoms with van der Waals surface area (Å²) in [4.78, 5) is 12.6. The molecule has 1 aromatic carbocycles. The van der Waals surface area contributed by atoms with E-state index in [1.807, 2.05) is 43.7 Å². The molecular formula is C15H17NO3. The van der Waals surface area contributed by atoms with Crippen molar-refractivity contribution in [2.24, 2.45) is 7.05 Å². The SMILES string of the molecule is COc1cccc2c(=O)c3c(n(C)c12)OC(C)(C)C3. The van der Waals surface area contributed by atoms with Crippen LogP contribution in [0, 0.1) is 0 Å². The van der Waals surface area contributed by atoms with Crippen LogP contribution in [0.5, 0.6) is 11.6 Å². The van der Waals surface area contributed by atoms with Crippen LogP contribution in [0.3, 0.4) is 0 Å². The summed E-state index contributed by atoms with van der Waals surface area (Å²) in [6.45, 7) is 3.99. The zero-order chi connectivity index (χ0) is 13.8. The first kappa shape index (κ1) is 12.1. The molecule has 0 saturated heterocycles. The normalized spacial score (nSPS) is 16.2. The Morgan fingerprint density at radius 2 is 2.11 bits per heavy atom. The molecule has 1 aliphatic heterocycles. The highest BCUT2D eigenvalue weighted by atomic mass is 16.5. The van der Waals surface area contributed by atoms with E-state index >= 15 is 0 Å². The number of nitrogens with zero attached hydrogens (tertiary/aromatic N) is 1. The van der Waals surface area contributed by atoms with Gasteiger partial charge in [-0.15, -0.1) is 0 Å². The fourth-order valence-corrected chi connectivity index (χ4v) is 2.79. The van der Waals surface area contributed by atoms with Crippen molar-refractivity contribution in [3.63, 3.8) is 0 Å². The second-order valence-corrected chi connectivity index (χ2v) is 5.57. The van der Waals surface area contributed by atoms with Crippen LogP contribution in [-0.4, -0.2) is 17.3 Å². The molecule has 1 aliphatic rings. The molecule has 0 saturated carbocycles. The molecule has 3 rings (SSSR count). The number of ether oxygens (including phenoxy) is 2. The van der Waals surface area contributed by atoms with Crippen molar-refractivity contribution in [3.8, 4) is 11.6 Å². The third-order valence-corrected chi connectivity index (χ3v) is 3.61. The van der Waals surface area contributed by atoms with Crippen LogP contribution < -0.4 is 14.9 Å². The van der Waals surface area contributed by atoms with Gasteiger partial charge in [0.05, 0.1) is 18.2 Å². The zero-order valence-electron chi connectivity index (χ0n) is 11.6. The van der Waals surface area contributed by atoms with E-state index in [0.717, 1.165) is 11.1 Å². The van der Waals surface area contributed by atoms with Gasteiger partial charge in [-0.05, 0) is 26.0 Å². The Hall–Kier alpha value is -1.97. The smallest absolute Gasteiger partial charge is 0.201 e. The van der Waals surface area contributed by atoms with Gasteiger partial charge < -0.3 is 14.0 Å². The van der Waals surface area contributed by atoms with E-state index in [9.17, 15) is 4.79 Å². The van der Waals surface area contributed by atoms with Gasteiger partial charge in [0.25, 0.3) is 0 Å². The molecule has 19 heavy (non-hydrogen) atoms. The highest BCUT2D eigenvalue weighted by molar-refractivity contribution is 5.86. The van der Waals surface area contributed by atoms with Crippen molar-refractivity contribution in [1.82, 2.24) is 4.57 Å². The molecule has 0 N–H and O–H groups in total. The number of para-hydroxylation sites is 1. The van der Waals surface area contributed by atoms with Crippen LogP contribution in [0.25, 0.3) is 10.9 Å². The molecular weight excluding hydrogens is 242 g/mol. The number of methoxy groups -OCH3 is 1. The minimum atomic E-state index is -0.329. The highest BCUT2D eigenvalue weighted by Crippen LogP contribution is 2.36. The lowest BCUT2D eigenvalue weighted by Gasteiger charge is -2.18. The van der Waals surface area contributed by atoms with Crippen molar-refractivity contribution < 1.29 is 9.47 Å². The Bertz CT molecular complexity index is 728. The summed E-state index contributed by atoms with van der Waals surface area (Å²) in [6, 6.07) is 5.54. The average molecular weight is 259 g/mol. The third kappa shape index (κ3) is 1.63. The molecule has 0 aliphatic carbocycles. The summed E-state index contributed by atoms with van der Waals surface area (Å²) in [6.07, 6.45) is 0.641. The quantitative estimate of drug-likeness (QED) is 0.788. The van der Waals surface area contributed by atoms with E-state index < -0.39 is 0 Å². The van der Waals surface area contributed by atoms with Gasteiger partial charge in [-0.2, -0.15) is 0 Å². The number of hydrogen-bond donors (Lipinski definition) is 0. The molecule has 0 atom stereocenters. The number of rotatable bonds is 1. The van der Waals surface area contributed by atoms with E-state index in [1.165, 1.54) is 0 Å². The molecule has 100 valence electrons. The summed E-state index contributed by atoms with van der Waals surface area (Å²) in [5, 5.41) is 0.682. The Balaban J connectivity index is 2.45. The van der Waals surface area contributed by atoms with Crippen molar-refractivity contribution in [2.75, 3.05) is 7.11 Å². The molecule has 2 aromatic rings. The van der Waals surface area contributed by atoms with Gasteiger partial charge in [0.1, 0.15) is 11.4 Å². The number of hydrogen-bond acceptors (Lipinski definition) is 3. The first-order valence-corrected chi connectivity index (χ1v) is 6.32. The third-order valence-electron chi connectivity index (χ3n) is 3.61. The topological polar surface area (TPSA) is 40.5 Å². The number of benzene rings is 1. The van der Waals surface area contributed by atoms with Gasteiger partial charge in [0, 0.05) is 18.9 Å². The minimum Gasteiger partial charge on any atom is -0.495 e. The fourth-order valence-electron chi connectivity index (χ4n) is 2.79. The molecule has 0 amide bonds. The van der Waals surface area contributed by atoms with Crippen molar-refractivity contribution in [2.45, 2.75) is 25.9 Å². The molecule has 0 bridgehead atoms. The van der Waals surface area contributed by atoms with Crippen LogP contribution in [0.2, 0.25) is 0 Å². The Labute approximate surface area is 111 Å². The lowest BCUT2D eigenvalue weighted by atomic mass is 10.0. The van der Waals surface area contributed by atoms with Crippen LogP contribution >= 0.6 is 0 Å².